The Bertz CT molecular complexity index is 336. The summed E-state index contributed by atoms with van der Waals surface area (Å²) in [4.78, 5) is 24.4. The third-order valence-corrected chi connectivity index (χ3v) is 3.14. The minimum Gasteiger partial charge on any atom is -0.349 e. The van der Waals surface area contributed by atoms with E-state index < -0.39 is 0 Å². The summed E-state index contributed by atoms with van der Waals surface area (Å²) in [5.74, 6) is 0.0968. The molecule has 1 fully saturated rings. The van der Waals surface area contributed by atoms with Gasteiger partial charge in [0.1, 0.15) is 6.29 Å². The van der Waals surface area contributed by atoms with Crippen LogP contribution in [-0.2, 0) is 4.79 Å². The Morgan fingerprint density at radius 1 is 1.30 bits per heavy atom. The molecule has 3 atom stereocenters. The molecule has 0 aromatic heterocycles. The molecule has 8 heteroatoms. The summed E-state index contributed by atoms with van der Waals surface area (Å²) in [6, 6.07) is 0.0195. The standard InChI is InChI=1S/C12H26N6O2/c1-8-7-9(14-6-5-10(19)18(3)4)16-11(15-8)17-12(20)13-2/h8-9,11,14-16H,5-7H2,1-4H3,(H2,13,17,20). The lowest BCUT2D eigenvalue weighted by Crippen LogP contribution is -2.68. The van der Waals surface area contributed by atoms with Crippen LogP contribution in [0.1, 0.15) is 19.8 Å². The van der Waals surface area contributed by atoms with Crippen LogP contribution >= 0.6 is 0 Å². The molecule has 0 aromatic rings. The zero-order chi connectivity index (χ0) is 15.1. The number of carbonyl (C=O) groups excluding carboxylic acids is 2. The van der Waals surface area contributed by atoms with Gasteiger partial charge < -0.3 is 20.9 Å². The smallest absolute Gasteiger partial charge is 0.316 e. The van der Waals surface area contributed by atoms with Crippen molar-refractivity contribution in [3.63, 3.8) is 0 Å². The maximum atomic E-state index is 11.5. The Balaban J connectivity index is 2.34. The van der Waals surface area contributed by atoms with Gasteiger partial charge in [-0.05, 0) is 13.3 Å². The van der Waals surface area contributed by atoms with Crippen molar-refractivity contribution in [1.82, 2.24) is 31.5 Å². The molecular weight excluding hydrogens is 260 g/mol. The molecule has 3 unspecified atom stereocenters. The number of hydrogen-bond donors (Lipinski definition) is 5. The van der Waals surface area contributed by atoms with Crippen molar-refractivity contribution in [2.75, 3.05) is 27.7 Å². The van der Waals surface area contributed by atoms with Gasteiger partial charge in [-0.1, -0.05) is 0 Å². The van der Waals surface area contributed by atoms with Crippen molar-refractivity contribution in [3.05, 3.63) is 0 Å². The number of amides is 3. The second kappa shape index (κ2) is 8.03. The minimum absolute atomic E-state index is 0.0587. The van der Waals surface area contributed by atoms with E-state index in [-0.39, 0.29) is 30.4 Å². The second-order valence-corrected chi connectivity index (χ2v) is 5.17. The van der Waals surface area contributed by atoms with Crippen LogP contribution in [0.3, 0.4) is 0 Å². The van der Waals surface area contributed by atoms with Gasteiger partial charge in [0.2, 0.25) is 5.91 Å². The molecule has 0 bridgehead atoms. The lowest BCUT2D eigenvalue weighted by Gasteiger charge is -2.36. The molecule has 20 heavy (non-hydrogen) atoms. The Morgan fingerprint density at radius 2 is 2.00 bits per heavy atom. The van der Waals surface area contributed by atoms with Gasteiger partial charge in [0.15, 0.2) is 0 Å². The summed E-state index contributed by atoms with van der Waals surface area (Å²) in [6.45, 7) is 2.66. The molecule has 3 amide bonds. The normalized spacial score (nSPS) is 25.9. The van der Waals surface area contributed by atoms with Gasteiger partial charge in [-0.25, -0.2) is 4.79 Å². The highest BCUT2D eigenvalue weighted by Crippen LogP contribution is 2.03. The number of rotatable bonds is 5. The summed E-state index contributed by atoms with van der Waals surface area (Å²) >= 11 is 0. The molecule has 0 aliphatic carbocycles. The fraction of sp³-hybridized carbons (Fsp3) is 0.833. The molecule has 116 valence electrons. The predicted molar refractivity (Wildman–Crippen MR) is 76.8 cm³/mol. The minimum atomic E-state index is -0.291. The zero-order valence-corrected chi connectivity index (χ0v) is 12.6. The van der Waals surface area contributed by atoms with E-state index in [1.165, 1.54) is 0 Å². The van der Waals surface area contributed by atoms with Crippen molar-refractivity contribution < 1.29 is 9.59 Å². The Labute approximate surface area is 120 Å². The maximum absolute atomic E-state index is 11.5. The van der Waals surface area contributed by atoms with Gasteiger partial charge in [-0.3, -0.25) is 15.4 Å². The highest BCUT2D eigenvalue weighted by molar-refractivity contribution is 5.75. The fourth-order valence-electron chi connectivity index (χ4n) is 2.03. The highest BCUT2D eigenvalue weighted by atomic mass is 16.2. The monoisotopic (exact) mass is 286 g/mol. The molecule has 0 saturated carbocycles. The topological polar surface area (TPSA) is 97.5 Å². The number of nitrogens with zero attached hydrogens (tertiary/aromatic N) is 1. The summed E-state index contributed by atoms with van der Waals surface area (Å²) in [5, 5.41) is 15.0. The van der Waals surface area contributed by atoms with Crippen LogP contribution in [0.25, 0.3) is 0 Å². The van der Waals surface area contributed by atoms with E-state index in [1.54, 1.807) is 26.0 Å². The average Bonchev–Trinajstić information content (AvgIpc) is 2.37. The number of hydrogen-bond acceptors (Lipinski definition) is 5. The van der Waals surface area contributed by atoms with Gasteiger partial charge in [0, 0.05) is 40.2 Å². The van der Waals surface area contributed by atoms with E-state index in [0.717, 1.165) is 6.42 Å². The largest absolute Gasteiger partial charge is 0.349 e. The molecule has 1 heterocycles. The summed E-state index contributed by atoms with van der Waals surface area (Å²) in [7, 11) is 5.07. The van der Waals surface area contributed by atoms with Crippen LogP contribution in [0.5, 0.6) is 0 Å². The van der Waals surface area contributed by atoms with Crippen molar-refractivity contribution >= 4 is 11.9 Å². The van der Waals surface area contributed by atoms with Crippen LogP contribution in [0.2, 0.25) is 0 Å². The quantitative estimate of drug-likeness (QED) is 0.427. The van der Waals surface area contributed by atoms with Crippen LogP contribution < -0.4 is 26.6 Å². The van der Waals surface area contributed by atoms with Crippen LogP contribution in [-0.4, -0.2) is 63.0 Å². The first-order valence-electron chi connectivity index (χ1n) is 6.86. The first-order chi connectivity index (χ1) is 9.42. The van der Waals surface area contributed by atoms with E-state index in [2.05, 4.69) is 33.5 Å². The van der Waals surface area contributed by atoms with Crippen LogP contribution in [0.15, 0.2) is 0 Å². The van der Waals surface area contributed by atoms with Crippen molar-refractivity contribution in [2.24, 2.45) is 0 Å². The van der Waals surface area contributed by atoms with Crippen molar-refractivity contribution in [1.29, 1.82) is 0 Å². The van der Waals surface area contributed by atoms with Gasteiger partial charge in [0.05, 0.1) is 6.17 Å². The predicted octanol–water partition coefficient (Wildman–Crippen LogP) is -1.44. The van der Waals surface area contributed by atoms with E-state index in [1.807, 2.05) is 0 Å². The van der Waals surface area contributed by atoms with E-state index in [0.29, 0.717) is 13.0 Å². The molecule has 0 spiro atoms. The summed E-state index contributed by atoms with van der Waals surface area (Å²) in [5.41, 5.74) is 0. The molecule has 1 saturated heterocycles. The molecule has 8 nitrogen and oxygen atoms in total. The number of carbonyl (C=O) groups is 2. The number of nitrogens with one attached hydrogen (secondary N) is 5. The highest BCUT2D eigenvalue weighted by Gasteiger charge is 2.25. The van der Waals surface area contributed by atoms with Gasteiger partial charge >= 0.3 is 6.03 Å². The number of urea groups is 1. The fourth-order valence-corrected chi connectivity index (χ4v) is 2.03. The molecule has 0 aromatic carbocycles. The molecular formula is C12H26N6O2. The van der Waals surface area contributed by atoms with Crippen LogP contribution in [0, 0.1) is 0 Å². The Hall–Kier alpha value is -1.38. The summed E-state index contributed by atoms with van der Waals surface area (Å²) in [6.07, 6.45) is 1.10. The Kier molecular flexibility index (Phi) is 6.69. The van der Waals surface area contributed by atoms with E-state index in [9.17, 15) is 9.59 Å². The SMILES string of the molecule is CNC(=O)NC1NC(C)CC(NCCC(=O)N(C)C)N1. The van der Waals surface area contributed by atoms with Gasteiger partial charge in [0.25, 0.3) is 0 Å². The lowest BCUT2D eigenvalue weighted by atomic mass is 10.1. The third kappa shape index (κ3) is 5.72. The Morgan fingerprint density at radius 3 is 2.60 bits per heavy atom. The average molecular weight is 286 g/mol. The lowest BCUT2D eigenvalue weighted by molar-refractivity contribution is -0.128. The first-order valence-corrected chi connectivity index (χ1v) is 6.86. The van der Waals surface area contributed by atoms with Crippen LogP contribution in [0.4, 0.5) is 4.79 Å². The molecule has 5 N–H and O–H groups in total. The van der Waals surface area contributed by atoms with Crippen molar-refractivity contribution in [3.8, 4) is 0 Å². The van der Waals surface area contributed by atoms with E-state index >= 15 is 0 Å². The first kappa shape index (κ1) is 16.7. The van der Waals surface area contributed by atoms with E-state index in [4.69, 9.17) is 0 Å². The second-order valence-electron chi connectivity index (χ2n) is 5.17. The maximum Gasteiger partial charge on any atom is 0.316 e. The molecule has 1 aliphatic rings. The molecule has 1 aliphatic heterocycles. The van der Waals surface area contributed by atoms with Gasteiger partial charge in [-0.2, -0.15) is 0 Å². The zero-order valence-electron chi connectivity index (χ0n) is 12.6. The third-order valence-electron chi connectivity index (χ3n) is 3.14. The van der Waals surface area contributed by atoms with Gasteiger partial charge in [-0.15, -0.1) is 0 Å². The van der Waals surface area contributed by atoms with Crippen molar-refractivity contribution in [2.45, 2.75) is 38.3 Å². The molecule has 0 radical (unpaired) electrons. The molecule has 1 rings (SSSR count). The summed E-state index contributed by atoms with van der Waals surface area (Å²) < 4.78 is 0.